The van der Waals surface area contributed by atoms with E-state index in [4.69, 9.17) is 9.82 Å². The molecule has 2 N–H and O–H groups in total. The van der Waals surface area contributed by atoms with Crippen LogP contribution in [0.1, 0.15) is 5.56 Å². The van der Waals surface area contributed by atoms with Gasteiger partial charge >= 0.3 is 0 Å². The summed E-state index contributed by atoms with van der Waals surface area (Å²) in [6.07, 6.45) is -0.0638. The Kier molecular flexibility index (Phi) is 3.72. The highest BCUT2D eigenvalue weighted by Gasteiger charge is 2.20. The summed E-state index contributed by atoms with van der Waals surface area (Å²) in [6, 6.07) is 18.0. The maximum atomic E-state index is 10.9. The third-order valence-corrected chi connectivity index (χ3v) is 5.31. The molecule has 0 radical (unpaired) electrons. The van der Waals surface area contributed by atoms with Crippen LogP contribution in [0.2, 0.25) is 0 Å². The van der Waals surface area contributed by atoms with Crippen LogP contribution < -0.4 is 10.6 Å². The number of para-hydroxylation sites is 1. The SMILES string of the molecule is O=CC1NC(c2ccc3c(c2)nc(Nc2ccccc2)c2ccsc23)=NO1. The van der Waals surface area contributed by atoms with Crippen molar-refractivity contribution in [3.63, 3.8) is 0 Å². The predicted molar refractivity (Wildman–Crippen MR) is 107 cm³/mol. The monoisotopic (exact) mass is 374 g/mol. The Morgan fingerprint density at radius 2 is 2.00 bits per heavy atom. The molecule has 0 amide bonds. The van der Waals surface area contributed by atoms with Crippen LogP contribution in [0.15, 0.2) is 65.1 Å². The number of pyridine rings is 1. The van der Waals surface area contributed by atoms with E-state index in [1.54, 1.807) is 11.3 Å². The molecule has 1 unspecified atom stereocenters. The molecular weight excluding hydrogens is 360 g/mol. The Hall–Kier alpha value is -3.45. The Bertz CT molecular complexity index is 1190. The average molecular weight is 374 g/mol. The summed E-state index contributed by atoms with van der Waals surface area (Å²) in [5.74, 6) is 1.34. The number of hydrogen-bond acceptors (Lipinski definition) is 7. The Morgan fingerprint density at radius 1 is 1.11 bits per heavy atom. The minimum Gasteiger partial charge on any atom is -0.361 e. The number of nitrogens with one attached hydrogen (secondary N) is 2. The van der Waals surface area contributed by atoms with Gasteiger partial charge in [-0.25, -0.2) is 4.98 Å². The molecule has 7 heteroatoms. The van der Waals surface area contributed by atoms with Gasteiger partial charge in [-0.1, -0.05) is 35.5 Å². The Balaban J connectivity index is 1.62. The lowest BCUT2D eigenvalue weighted by molar-refractivity contribution is -0.117. The van der Waals surface area contributed by atoms with Crippen molar-refractivity contribution in [1.29, 1.82) is 0 Å². The first-order chi connectivity index (χ1) is 13.3. The summed E-state index contributed by atoms with van der Waals surface area (Å²) in [4.78, 5) is 20.7. The number of carbonyl (C=O) groups is 1. The van der Waals surface area contributed by atoms with E-state index >= 15 is 0 Å². The molecule has 0 saturated heterocycles. The number of rotatable bonds is 4. The number of benzene rings is 2. The van der Waals surface area contributed by atoms with Gasteiger partial charge in [0.05, 0.1) is 5.52 Å². The van der Waals surface area contributed by atoms with Gasteiger partial charge in [0.1, 0.15) is 5.82 Å². The van der Waals surface area contributed by atoms with Crippen LogP contribution in [0.25, 0.3) is 21.0 Å². The summed E-state index contributed by atoms with van der Waals surface area (Å²) >= 11 is 1.69. The number of nitrogens with zero attached hydrogens (tertiary/aromatic N) is 2. The van der Waals surface area contributed by atoms with E-state index in [0.717, 1.165) is 33.4 Å². The van der Waals surface area contributed by atoms with E-state index in [0.29, 0.717) is 12.1 Å². The van der Waals surface area contributed by atoms with Crippen molar-refractivity contribution in [3.05, 3.63) is 65.5 Å². The van der Waals surface area contributed by atoms with E-state index < -0.39 is 6.23 Å². The molecule has 0 bridgehead atoms. The molecule has 132 valence electrons. The number of amidine groups is 1. The van der Waals surface area contributed by atoms with Gasteiger partial charge in [-0.15, -0.1) is 11.3 Å². The number of carbonyl (C=O) groups excluding carboxylic acids is 1. The topological polar surface area (TPSA) is 75.6 Å². The van der Waals surface area contributed by atoms with Gasteiger partial charge < -0.3 is 15.5 Å². The standard InChI is InChI=1S/C20H14N4O2S/c25-11-17-23-19(24-26-17)12-6-7-14-16(10-12)22-20(15-8-9-27-18(14)15)21-13-4-2-1-3-5-13/h1-11,17H,(H,21,22)(H,23,24). The quantitative estimate of drug-likeness (QED) is 0.528. The molecule has 3 heterocycles. The molecule has 0 fully saturated rings. The van der Waals surface area contributed by atoms with Crippen LogP contribution in [0, 0.1) is 0 Å². The van der Waals surface area contributed by atoms with E-state index in [1.165, 1.54) is 4.70 Å². The second-order valence-electron chi connectivity index (χ2n) is 6.09. The van der Waals surface area contributed by atoms with Crippen LogP contribution in [0.5, 0.6) is 0 Å². The summed E-state index contributed by atoms with van der Waals surface area (Å²) in [7, 11) is 0. The lowest BCUT2D eigenvalue weighted by Gasteiger charge is -2.10. The number of oxime groups is 1. The van der Waals surface area contributed by atoms with Gasteiger partial charge in [0.25, 0.3) is 6.23 Å². The minimum absolute atomic E-state index is 0.527. The van der Waals surface area contributed by atoms with Gasteiger partial charge in [0, 0.05) is 26.7 Å². The first-order valence-electron chi connectivity index (χ1n) is 8.41. The van der Waals surface area contributed by atoms with Gasteiger partial charge in [-0.2, -0.15) is 0 Å². The zero-order chi connectivity index (χ0) is 18.2. The molecule has 2 aromatic heterocycles. The van der Waals surface area contributed by atoms with Crippen molar-refractivity contribution in [3.8, 4) is 0 Å². The molecule has 4 aromatic rings. The smallest absolute Gasteiger partial charge is 0.254 e. The van der Waals surface area contributed by atoms with Crippen molar-refractivity contribution in [2.24, 2.45) is 5.16 Å². The van der Waals surface area contributed by atoms with Crippen LogP contribution >= 0.6 is 11.3 Å². The van der Waals surface area contributed by atoms with Gasteiger partial charge in [-0.3, -0.25) is 4.79 Å². The normalized spacial score (nSPS) is 16.0. The van der Waals surface area contributed by atoms with Crippen molar-refractivity contribution in [2.45, 2.75) is 6.23 Å². The number of aromatic nitrogens is 1. The van der Waals surface area contributed by atoms with Crippen LogP contribution in [0.3, 0.4) is 0 Å². The maximum Gasteiger partial charge on any atom is 0.254 e. The average Bonchev–Trinajstić information content (AvgIpc) is 3.38. The highest BCUT2D eigenvalue weighted by molar-refractivity contribution is 7.18. The van der Waals surface area contributed by atoms with Gasteiger partial charge in [0.2, 0.25) is 0 Å². The summed E-state index contributed by atoms with van der Waals surface area (Å²) in [5.41, 5.74) is 2.65. The number of fused-ring (bicyclic) bond motifs is 3. The second kappa shape index (κ2) is 6.37. The summed E-state index contributed by atoms with van der Waals surface area (Å²) in [5, 5.41) is 14.5. The molecule has 27 heavy (non-hydrogen) atoms. The highest BCUT2D eigenvalue weighted by atomic mass is 32.1. The van der Waals surface area contributed by atoms with Crippen molar-refractivity contribution in [2.75, 3.05) is 5.32 Å². The minimum atomic E-state index is -0.737. The first-order valence-corrected chi connectivity index (χ1v) is 9.29. The van der Waals surface area contributed by atoms with E-state index in [9.17, 15) is 4.79 Å². The van der Waals surface area contributed by atoms with Gasteiger partial charge in [0.15, 0.2) is 12.1 Å². The lowest BCUT2D eigenvalue weighted by Crippen LogP contribution is -2.30. The van der Waals surface area contributed by atoms with E-state index in [2.05, 4.69) is 27.2 Å². The molecule has 6 nitrogen and oxygen atoms in total. The van der Waals surface area contributed by atoms with Crippen molar-refractivity contribution < 1.29 is 9.63 Å². The molecule has 1 aliphatic rings. The summed E-state index contributed by atoms with van der Waals surface area (Å²) in [6.45, 7) is 0. The van der Waals surface area contributed by atoms with Crippen LogP contribution in [-0.2, 0) is 9.63 Å². The second-order valence-corrected chi connectivity index (χ2v) is 7.01. The maximum absolute atomic E-state index is 10.9. The van der Waals surface area contributed by atoms with Crippen molar-refractivity contribution in [1.82, 2.24) is 10.3 Å². The zero-order valence-electron chi connectivity index (χ0n) is 14.0. The fraction of sp³-hybridized carbons (Fsp3) is 0.0500. The predicted octanol–water partition coefficient (Wildman–Crippen LogP) is 4.00. The summed E-state index contributed by atoms with van der Waals surface area (Å²) < 4.78 is 1.17. The molecule has 0 aliphatic carbocycles. The highest BCUT2D eigenvalue weighted by Crippen LogP contribution is 2.35. The number of anilines is 2. The Labute approximate surface area is 158 Å². The van der Waals surface area contributed by atoms with E-state index in [-0.39, 0.29) is 0 Å². The fourth-order valence-corrected chi connectivity index (χ4v) is 4.03. The lowest BCUT2D eigenvalue weighted by atomic mass is 10.1. The van der Waals surface area contributed by atoms with E-state index in [1.807, 2.05) is 48.5 Å². The van der Waals surface area contributed by atoms with Crippen LogP contribution in [0.4, 0.5) is 11.5 Å². The Morgan fingerprint density at radius 3 is 2.81 bits per heavy atom. The molecular formula is C20H14N4O2S. The molecule has 0 spiro atoms. The fourth-order valence-electron chi connectivity index (χ4n) is 3.09. The number of hydrogen-bond donors (Lipinski definition) is 2. The van der Waals surface area contributed by atoms with Crippen molar-refractivity contribution >= 4 is 56.0 Å². The molecule has 0 saturated carbocycles. The largest absolute Gasteiger partial charge is 0.361 e. The third-order valence-electron chi connectivity index (χ3n) is 4.37. The van der Waals surface area contributed by atoms with Crippen LogP contribution in [-0.4, -0.2) is 23.3 Å². The van der Waals surface area contributed by atoms with Gasteiger partial charge in [-0.05, 0) is 29.6 Å². The third kappa shape index (κ3) is 2.78. The first kappa shape index (κ1) is 15.8. The number of thiophene rings is 1. The molecule has 1 aliphatic heterocycles. The molecule has 1 atom stereocenters. The molecule has 2 aromatic carbocycles. The molecule has 5 rings (SSSR count). The number of aldehydes is 1. The zero-order valence-corrected chi connectivity index (χ0v) is 14.9.